The van der Waals surface area contributed by atoms with Crippen LogP contribution in [0, 0.1) is 12.3 Å². The molecule has 0 aromatic heterocycles. The second kappa shape index (κ2) is 6.05. The highest BCUT2D eigenvalue weighted by molar-refractivity contribution is 4.84. The highest BCUT2D eigenvalue weighted by Crippen LogP contribution is 2.13. The molecule has 0 aromatic rings. The maximum absolute atomic E-state index is 9.68. The SMILES string of the molecule is C#CCCCC(C)(O)COCC. The Bertz CT molecular complexity index is 144. The Morgan fingerprint density at radius 1 is 1.58 bits per heavy atom. The lowest BCUT2D eigenvalue weighted by Gasteiger charge is -2.22. The van der Waals surface area contributed by atoms with Crippen molar-refractivity contribution < 1.29 is 9.84 Å². The summed E-state index contributed by atoms with van der Waals surface area (Å²) in [6.45, 7) is 4.73. The van der Waals surface area contributed by atoms with Gasteiger partial charge in [-0.1, -0.05) is 0 Å². The van der Waals surface area contributed by atoms with Crippen molar-refractivity contribution in [1.82, 2.24) is 0 Å². The number of ether oxygens (including phenoxy) is 1. The van der Waals surface area contributed by atoms with Crippen LogP contribution >= 0.6 is 0 Å². The Balaban J connectivity index is 3.50. The van der Waals surface area contributed by atoms with E-state index >= 15 is 0 Å². The Morgan fingerprint density at radius 3 is 2.75 bits per heavy atom. The first-order valence-corrected chi connectivity index (χ1v) is 4.36. The molecule has 0 amide bonds. The first kappa shape index (κ1) is 11.5. The molecule has 0 aliphatic heterocycles. The second-order valence-corrected chi connectivity index (χ2v) is 3.19. The van der Waals surface area contributed by atoms with Gasteiger partial charge in [-0.2, -0.15) is 0 Å². The summed E-state index contributed by atoms with van der Waals surface area (Å²) in [6.07, 6.45) is 7.38. The third-order valence-electron chi connectivity index (χ3n) is 1.65. The van der Waals surface area contributed by atoms with E-state index in [1.807, 2.05) is 6.92 Å². The van der Waals surface area contributed by atoms with Crippen LogP contribution in [-0.4, -0.2) is 23.9 Å². The minimum Gasteiger partial charge on any atom is -0.388 e. The topological polar surface area (TPSA) is 29.5 Å². The van der Waals surface area contributed by atoms with E-state index in [-0.39, 0.29) is 0 Å². The van der Waals surface area contributed by atoms with Crippen LogP contribution < -0.4 is 0 Å². The van der Waals surface area contributed by atoms with Crippen LogP contribution in [0.4, 0.5) is 0 Å². The number of unbranched alkanes of at least 4 members (excludes halogenated alkanes) is 1. The maximum Gasteiger partial charge on any atom is 0.0852 e. The van der Waals surface area contributed by atoms with Crippen LogP contribution in [0.2, 0.25) is 0 Å². The molecule has 70 valence electrons. The Labute approximate surface area is 74.9 Å². The van der Waals surface area contributed by atoms with E-state index in [2.05, 4.69) is 5.92 Å². The number of hydrogen-bond donors (Lipinski definition) is 1. The van der Waals surface area contributed by atoms with Crippen molar-refractivity contribution in [2.75, 3.05) is 13.2 Å². The third-order valence-corrected chi connectivity index (χ3v) is 1.65. The molecule has 0 spiro atoms. The molecular formula is C10H18O2. The smallest absolute Gasteiger partial charge is 0.0852 e. The summed E-state index contributed by atoms with van der Waals surface area (Å²) in [5.41, 5.74) is -0.715. The molecule has 1 unspecified atom stereocenters. The van der Waals surface area contributed by atoms with Gasteiger partial charge in [-0.15, -0.1) is 12.3 Å². The van der Waals surface area contributed by atoms with Crippen LogP contribution in [0.3, 0.4) is 0 Å². The van der Waals surface area contributed by atoms with E-state index in [0.29, 0.717) is 19.6 Å². The fourth-order valence-corrected chi connectivity index (χ4v) is 0.965. The van der Waals surface area contributed by atoms with Crippen LogP contribution in [0.1, 0.15) is 33.1 Å². The number of hydrogen-bond acceptors (Lipinski definition) is 2. The highest BCUT2D eigenvalue weighted by Gasteiger charge is 2.19. The zero-order chi connectivity index (χ0) is 9.45. The summed E-state index contributed by atoms with van der Waals surface area (Å²) in [4.78, 5) is 0. The summed E-state index contributed by atoms with van der Waals surface area (Å²) < 4.78 is 5.13. The van der Waals surface area contributed by atoms with Crippen molar-refractivity contribution in [1.29, 1.82) is 0 Å². The van der Waals surface area contributed by atoms with Crippen LogP contribution in [-0.2, 0) is 4.74 Å². The fourth-order valence-electron chi connectivity index (χ4n) is 0.965. The largest absolute Gasteiger partial charge is 0.388 e. The monoisotopic (exact) mass is 170 g/mol. The molecule has 1 atom stereocenters. The normalized spacial score (nSPS) is 15.2. The minimum absolute atomic E-state index is 0.397. The van der Waals surface area contributed by atoms with E-state index in [1.54, 1.807) is 6.92 Å². The van der Waals surface area contributed by atoms with Gasteiger partial charge < -0.3 is 9.84 Å². The van der Waals surface area contributed by atoms with E-state index in [9.17, 15) is 5.11 Å². The molecule has 0 rings (SSSR count). The van der Waals surface area contributed by atoms with Crippen molar-refractivity contribution in [3.8, 4) is 12.3 Å². The molecule has 0 aromatic carbocycles. The average molecular weight is 170 g/mol. The predicted octanol–water partition coefficient (Wildman–Crippen LogP) is 1.58. The van der Waals surface area contributed by atoms with Gasteiger partial charge in [-0.05, 0) is 26.7 Å². The lowest BCUT2D eigenvalue weighted by Crippen LogP contribution is -2.30. The Hall–Kier alpha value is -0.520. The summed E-state index contributed by atoms with van der Waals surface area (Å²) in [5, 5.41) is 9.68. The fraction of sp³-hybridized carbons (Fsp3) is 0.800. The molecule has 2 nitrogen and oxygen atoms in total. The van der Waals surface area contributed by atoms with Gasteiger partial charge >= 0.3 is 0 Å². The highest BCUT2D eigenvalue weighted by atomic mass is 16.5. The van der Waals surface area contributed by atoms with Crippen molar-refractivity contribution in [2.24, 2.45) is 0 Å². The third kappa shape index (κ3) is 6.21. The van der Waals surface area contributed by atoms with Gasteiger partial charge in [0.25, 0.3) is 0 Å². The van der Waals surface area contributed by atoms with Crippen molar-refractivity contribution in [3.05, 3.63) is 0 Å². The maximum atomic E-state index is 9.68. The minimum atomic E-state index is -0.715. The lowest BCUT2D eigenvalue weighted by atomic mass is 10.0. The van der Waals surface area contributed by atoms with Gasteiger partial charge in [0, 0.05) is 13.0 Å². The van der Waals surface area contributed by atoms with Crippen LogP contribution in [0.25, 0.3) is 0 Å². The standard InChI is InChI=1S/C10H18O2/c1-4-6-7-8-10(3,11)9-12-5-2/h1,11H,5-9H2,2-3H3. The van der Waals surface area contributed by atoms with Crippen LogP contribution in [0.15, 0.2) is 0 Å². The zero-order valence-electron chi connectivity index (χ0n) is 7.97. The van der Waals surface area contributed by atoms with Crippen molar-refractivity contribution >= 4 is 0 Å². The molecule has 0 saturated carbocycles. The first-order chi connectivity index (χ1) is 5.62. The summed E-state index contributed by atoms with van der Waals surface area (Å²) in [6, 6.07) is 0. The predicted molar refractivity (Wildman–Crippen MR) is 49.8 cm³/mol. The summed E-state index contributed by atoms with van der Waals surface area (Å²) >= 11 is 0. The van der Waals surface area contributed by atoms with Crippen LogP contribution in [0.5, 0.6) is 0 Å². The average Bonchev–Trinajstić information content (AvgIpc) is 2.01. The molecule has 1 N–H and O–H groups in total. The van der Waals surface area contributed by atoms with Gasteiger partial charge in [-0.3, -0.25) is 0 Å². The van der Waals surface area contributed by atoms with E-state index in [1.165, 1.54) is 0 Å². The number of terminal acetylenes is 1. The van der Waals surface area contributed by atoms with E-state index < -0.39 is 5.60 Å². The Kier molecular flexibility index (Phi) is 5.79. The van der Waals surface area contributed by atoms with E-state index in [4.69, 9.17) is 11.2 Å². The van der Waals surface area contributed by atoms with Gasteiger partial charge in [0.1, 0.15) is 0 Å². The molecule has 0 aliphatic rings. The van der Waals surface area contributed by atoms with E-state index in [0.717, 1.165) is 12.8 Å². The summed E-state index contributed by atoms with van der Waals surface area (Å²) in [7, 11) is 0. The van der Waals surface area contributed by atoms with Crippen molar-refractivity contribution in [2.45, 2.75) is 38.7 Å². The molecule has 0 radical (unpaired) electrons. The molecule has 12 heavy (non-hydrogen) atoms. The van der Waals surface area contributed by atoms with Gasteiger partial charge in [0.15, 0.2) is 0 Å². The zero-order valence-corrected chi connectivity index (χ0v) is 7.97. The lowest BCUT2D eigenvalue weighted by molar-refractivity contribution is -0.0363. The molecular weight excluding hydrogens is 152 g/mol. The van der Waals surface area contributed by atoms with Gasteiger partial charge in [0.2, 0.25) is 0 Å². The number of aliphatic hydroxyl groups is 1. The van der Waals surface area contributed by atoms with Gasteiger partial charge in [-0.25, -0.2) is 0 Å². The summed E-state index contributed by atoms with van der Waals surface area (Å²) in [5.74, 6) is 2.54. The Morgan fingerprint density at radius 2 is 2.25 bits per heavy atom. The molecule has 0 aliphatic carbocycles. The first-order valence-electron chi connectivity index (χ1n) is 4.36. The quantitative estimate of drug-likeness (QED) is 0.484. The van der Waals surface area contributed by atoms with Crippen molar-refractivity contribution in [3.63, 3.8) is 0 Å². The molecule has 0 saturated heterocycles. The molecule has 0 fully saturated rings. The van der Waals surface area contributed by atoms with Gasteiger partial charge in [0.05, 0.1) is 12.2 Å². The molecule has 2 heteroatoms. The number of rotatable bonds is 6. The molecule has 0 bridgehead atoms. The second-order valence-electron chi connectivity index (χ2n) is 3.19. The molecule has 0 heterocycles.